The number of nitrogens with zero attached hydrogens (tertiary/aromatic N) is 2. The number of thiazole rings is 1. The second kappa shape index (κ2) is 8.06. The van der Waals surface area contributed by atoms with Crippen LogP contribution in [0.3, 0.4) is 0 Å². The predicted octanol–water partition coefficient (Wildman–Crippen LogP) is 3.79. The van der Waals surface area contributed by atoms with Gasteiger partial charge in [0.1, 0.15) is 5.01 Å². The van der Waals surface area contributed by atoms with Gasteiger partial charge in [-0.15, -0.1) is 23.7 Å². The Morgan fingerprint density at radius 1 is 1.36 bits per heavy atom. The standard InChI is InChI=1S/C17H23N3S.ClH/c1-13(18)15-8-5-9-20(10-15)11-16-12-21-17(19-16)14-6-3-2-4-7-14;/h2-4,6-7,12-13,15H,5,8-11,18H2,1H3;1H. The van der Waals surface area contributed by atoms with E-state index >= 15 is 0 Å². The van der Waals surface area contributed by atoms with Crippen LogP contribution in [0.2, 0.25) is 0 Å². The average molecular weight is 338 g/mol. The Hall–Kier alpha value is -0.940. The number of halogens is 1. The second-order valence-electron chi connectivity index (χ2n) is 6.01. The molecule has 2 aromatic rings. The van der Waals surface area contributed by atoms with Gasteiger partial charge in [-0.3, -0.25) is 4.90 Å². The first-order chi connectivity index (χ1) is 10.2. The maximum absolute atomic E-state index is 6.06. The van der Waals surface area contributed by atoms with E-state index in [1.807, 2.05) is 6.07 Å². The van der Waals surface area contributed by atoms with Crippen LogP contribution in [-0.4, -0.2) is 29.0 Å². The van der Waals surface area contributed by atoms with Crippen molar-refractivity contribution in [2.75, 3.05) is 13.1 Å². The highest BCUT2D eigenvalue weighted by atomic mass is 35.5. The zero-order valence-corrected chi connectivity index (χ0v) is 14.6. The fourth-order valence-corrected chi connectivity index (χ4v) is 3.80. The Kier molecular flexibility index (Phi) is 6.38. The topological polar surface area (TPSA) is 42.1 Å². The van der Waals surface area contributed by atoms with Crippen molar-refractivity contribution >= 4 is 23.7 Å². The molecule has 5 heteroatoms. The van der Waals surface area contributed by atoms with Crippen molar-refractivity contribution in [3.8, 4) is 10.6 Å². The van der Waals surface area contributed by atoms with Crippen LogP contribution in [0.25, 0.3) is 10.6 Å². The third-order valence-electron chi connectivity index (χ3n) is 4.24. The molecule has 22 heavy (non-hydrogen) atoms. The minimum atomic E-state index is 0. The molecule has 1 aromatic heterocycles. The van der Waals surface area contributed by atoms with E-state index < -0.39 is 0 Å². The van der Waals surface area contributed by atoms with Crippen LogP contribution < -0.4 is 5.73 Å². The fourth-order valence-electron chi connectivity index (χ4n) is 2.99. The highest BCUT2D eigenvalue weighted by Crippen LogP contribution is 2.25. The van der Waals surface area contributed by atoms with Crippen LogP contribution in [0.1, 0.15) is 25.5 Å². The van der Waals surface area contributed by atoms with E-state index in [4.69, 9.17) is 10.7 Å². The minimum Gasteiger partial charge on any atom is -0.328 e. The average Bonchev–Trinajstić information content (AvgIpc) is 2.97. The molecule has 1 aliphatic heterocycles. The highest BCUT2D eigenvalue weighted by Gasteiger charge is 2.23. The van der Waals surface area contributed by atoms with Gasteiger partial charge < -0.3 is 5.73 Å². The van der Waals surface area contributed by atoms with Crippen LogP contribution in [0.5, 0.6) is 0 Å². The normalized spacial score (nSPS) is 20.4. The van der Waals surface area contributed by atoms with Crippen LogP contribution in [0.4, 0.5) is 0 Å². The number of benzene rings is 1. The molecule has 0 amide bonds. The van der Waals surface area contributed by atoms with E-state index in [0.717, 1.165) is 18.1 Å². The summed E-state index contributed by atoms with van der Waals surface area (Å²) >= 11 is 1.74. The minimum absolute atomic E-state index is 0. The molecule has 1 aromatic carbocycles. The molecule has 3 nitrogen and oxygen atoms in total. The fraction of sp³-hybridized carbons (Fsp3) is 0.471. The number of piperidine rings is 1. The van der Waals surface area contributed by atoms with Crippen molar-refractivity contribution < 1.29 is 0 Å². The van der Waals surface area contributed by atoms with E-state index in [2.05, 4.69) is 41.5 Å². The van der Waals surface area contributed by atoms with Crippen molar-refractivity contribution in [3.05, 3.63) is 41.4 Å². The lowest BCUT2D eigenvalue weighted by Gasteiger charge is -2.34. The second-order valence-corrected chi connectivity index (χ2v) is 6.86. The Labute approximate surface area is 143 Å². The van der Waals surface area contributed by atoms with Gasteiger partial charge in [0.15, 0.2) is 0 Å². The first-order valence-corrected chi connectivity index (χ1v) is 8.58. The van der Waals surface area contributed by atoms with Gasteiger partial charge in [-0.1, -0.05) is 30.3 Å². The quantitative estimate of drug-likeness (QED) is 0.922. The molecular formula is C17H24ClN3S. The Balaban J connectivity index is 0.00000176. The lowest BCUT2D eigenvalue weighted by molar-refractivity contribution is 0.153. The lowest BCUT2D eigenvalue weighted by atomic mass is 9.92. The molecule has 120 valence electrons. The molecule has 0 aliphatic carbocycles. The van der Waals surface area contributed by atoms with Crippen molar-refractivity contribution in [2.24, 2.45) is 11.7 Å². The third kappa shape index (κ3) is 4.29. The van der Waals surface area contributed by atoms with Crippen molar-refractivity contribution in [1.82, 2.24) is 9.88 Å². The molecule has 0 spiro atoms. The smallest absolute Gasteiger partial charge is 0.123 e. The van der Waals surface area contributed by atoms with Gasteiger partial charge in [0.2, 0.25) is 0 Å². The number of likely N-dealkylation sites (tertiary alicyclic amines) is 1. The summed E-state index contributed by atoms with van der Waals surface area (Å²) in [5.41, 5.74) is 8.46. The van der Waals surface area contributed by atoms with Gasteiger partial charge in [-0.05, 0) is 32.2 Å². The summed E-state index contributed by atoms with van der Waals surface area (Å²) in [6, 6.07) is 10.7. The van der Waals surface area contributed by atoms with E-state index in [1.165, 1.54) is 30.6 Å². The van der Waals surface area contributed by atoms with Crippen LogP contribution >= 0.6 is 23.7 Å². The van der Waals surface area contributed by atoms with Gasteiger partial charge in [0.25, 0.3) is 0 Å². The molecule has 0 bridgehead atoms. The first kappa shape index (κ1) is 17.4. The monoisotopic (exact) mass is 337 g/mol. The van der Waals surface area contributed by atoms with Crippen molar-refractivity contribution in [3.63, 3.8) is 0 Å². The SMILES string of the molecule is CC(N)C1CCCN(Cc2csc(-c3ccccc3)n2)C1.Cl. The summed E-state index contributed by atoms with van der Waals surface area (Å²) in [7, 11) is 0. The number of hydrogen-bond donors (Lipinski definition) is 1. The summed E-state index contributed by atoms with van der Waals surface area (Å²) < 4.78 is 0. The van der Waals surface area contributed by atoms with Gasteiger partial charge >= 0.3 is 0 Å². The lowest BCUT2D eigenvalue weighted by Crippen LogP contribution is -2.41. The van der Waals surface area contributed by atoms with Crippen LogP contribution in [0, 0.1) is 5.92 Å². The van der Waals surface area contributed by atoms with Crippen molar-refractivity contribution in [2.45, 2.75) is 32.4 Å². The molecule has 2 N–H and O–H groups in total. The van der Waals surface area contributed by atoms with E-state index in [1.54, 1.807) is 11.3 Å². The van der Waals surface area contributed by atoms with Gasteiger partial charge in [-0.2, -0.15) is 0 Å². The molecule has 0 saturated carbocycles. The van der Waals surface area contributed by atoms with Gasteiger partial charge in [0, 0.05) is 30.1 Å². The Morgan fingerprint density at radius 2 is 2.14 bits per heavy atom. The molecule has 2 atom stereocenters. The number of nitrogens with two attached hydrogens (primary N) is 1. The zero-order valence-electron chi connectivity index (χ0n) is 12.9. The van der Waals surface area contributed by atoms with Gasteiger partial charge in [-0.25, -0.2) is 4.98 Å². The summed E-state index contributed by atoms with van der Waals surface area (Å²) in [5, 5.41) is 3.31. The van der Waals surface area contributed by atoms with E-state index in [0.29, 0.717) is 12.0 Å². The summed E-state index contributed by atoms with van der Waals surface area (Å²) in [6.45, 7) is 5.36. The maximum atomic E-state index is 6.06. The molecule has 2 unspecified atom stereocenters. The first-order valence-electron chi connectivity index (χ1n) is 7.70. The summed E-state index contributed by atoms with van der Waals surface area (Å²) in [4.78, 5) is 7.29. The van der Waals surface area contributed by atoms with Gasteiger partial charge in [0.05, 0.1) is 5.69 Å². The molecule has 1 fully saturated rings. The maximum Gasteiger partial charge on any atom is 0.123 e. The van der Waals surface area contributed by atoms with Crippen LogP contribution in [-0.2, 0) is 6.54 Å². The molecule has 2 heterocycles. The Morgan fingerprint density at radius 3 is 2.86 bits per heavy atom. The van der Waals surface area contributed by atoms with Crippen molar-refractivity contribution in [1.29, 1.82) is 0 Å². The Bertz CT molecular complexity index is 570. The molecule has 3 rings (SSSR count). The largest absolute Gasteiger partial charge is 0.328 e. The predicted molar refractivity (Wildman–Crippen MR) is 96.4 cm³/mol. The zero-order chi connectivity index (χ0) is 14.7. The molecule has 1 saturated heterocycles. The molecule has 0 radical (unpaired) electrons. The highest BCUT2D eigenvalue weighted by molar-refractivity contribution is 7.13. The number of aromatic nitrogens is 1. The number of rotatable bonds is 4. The summed E-state index contributed by atoms with van der Waals surface area (Å²) in [6.07, 6.45) is 2.52. The molecule has 1 aliphatic rings. The van der Waals surface area contributed by atoms with Crippen LogP contribution in [0.15, 0.2) is 35.7 Å². The molecular weight excluding hydrogens is 314 g/mol. The number of hydrogen-bond acceptors (Lipinski definition) is 4. The van der Waals surface area contributed by atoms with E-state index in [9.17, 15) is 0 Å². The summed E-state index contributed by atoms with van der Waals surface area (Å²) in [5.74, 6) is 0.631. The van der Waals surface area contributed by atoms with E-state index in [-0.39, 0.29) is 12.4 Å². The third-order valence-corrected chi connectivity index (χ3v) is 5.18.